The molecule has 0 radical (unpaired) electrons. The topological polar surface area (TPSA) is 98.5 Å². The van der Waals surface area contributed by atoms with Crippen LogP contribution >= 0.6 is 0 Å². The summed E-state index contributed by atoms with van der Waals surface area (Å²) in [5, 5.41) is 6.59. The van der Waals surface area contributed by atoms with Crippen LogP contribution in [0, 0.1) is 13.8 Å². The van der Waals surface area contributed by atoms with Crippen molar-refractivity contribution in [2.45, 2.75) is 46.5 Å². The van der Waals surface area contributed by atoms with Crippen molar-refractivity contribution >= 4 is 23.3 Å². The number of aryl methyl sites for hydroxylation is 2. The van der Waals surface area contributed by atoms with Gasteiger partial charge in [0.15, 0.2) is 12.4 Å². The predicted molar refractivity (Wildman–Crippen MR) is 99.6 cm³/mol. The van der Waals surface area contributed by atoms with Gasteiger partial charge in [0.25, 0.3) is 0 Å². The van der Waals surface area contributed by atoms with Crippen molar-refractivity contribution in [3.63, 3.8) is 0 Å². The van der Waals surface area contributed by atoms with E-state index in [1.54, 1.807) is 31.2 Å². The van der Waals surface area contributed by atoms with E-state index >= 15 is 0 Å². The number of aromatic nitrogens is 1. The SMILES string of the molecule is CCCC(=O)Nc1ccc(C(=O)COC(=O)CCc2c(C)noc2C)cc1. The third kappa shape index (κ3) is 6.06. The van der Waals surface area contributed by atoms with Crippen molar-refractivity contribution in [3.05, 3.63) is 46.8 Å². The molecule has 1 N–H and O–H groups in total. The van der Waals surface area contributed by atoms with Gasteiger partial charge in [0.05, 0.1) is 5.69 Å². The van der Waals surface area contributed by atoms with Gasteiger partial charge in [0.1, 0.15) is 5.76 Å². The Bertz CT molecular complexity index is 789. The molecule has 0 saturated carbocycles. The molecular formula is C20H24N2O5. The van der Waals surface area contributed by atoms with Gasteiger partial charge >= 0.3 is 5.97 Å². The third-order valence-corrected chi connectivity index (χ3v) is 4.09. The Morgan fingerprint density at radius 1 is 1.11 bits per heavy atom. The van der Waals surface area contributed by atoms with E-state index in [9.17, 15) is 14.4 Å². The molecule has 0 aliphatic heterocycles. The highest BCUT2D eigenvalue weighted by atomic mass is 16.5. The Labute approximate surface area is 158 Å². The van der Waals surface area contributed by atoms with Gasteiger partial charge in [-0.1, -0.05) is 12.1 Å². The maximum Gasteiger partial charge on any atom is 0.306 e. The van der Waals surface area contributed by atoms with Crippen molar-refractivity contribution in [1.29, 1.82) is 0 Å². The molecule has 0 atom stereocenters. The number of ketones is 1. The van der Waals surface area contributed by atoms with Crippen LogP contribution in [0.3, 0.4) is 0 Å². The number of esters is 1. The van der Waals surface area contributed by atoms with Crippen LogP contribution in [0.2, 0.25) is 0 Å². The maximum atomic E-state index is 12.1. The number of hydrogen-bond acceptors (Lipinski definition) is 6. The fourth-order valence-corrected chi connectivity index (χ4v) is 2.58. The molecule has 7 heteroatoms. The monoisotopic (exact) mass is 372 g/mol. The smallest absolute Gasteiger partial charge is 0.306 e. The number of rotatable bonds is 9. The highest BCUT2D eigenvalue weighted by Gasteiger charge is 2.14. The molecule has 0 bridgehead atoms. The number of benzene rings is 1. The van der Waals surface area contributed by atoms with Crippen LogP contribution < -0.4 is 5.32 Å². The molecule has 0 aliphatic carbocycles. The molecule has 27 heavy (non-hydrogen) atoms. The summed E-state index contributed by atoms with van der Waals surface area (Å²) in [5.41, 5.74) is 2.69. The summed E-state index contributed by atoms with van der Waals surface area (Å²) >= 11 is 0. The van der Waals surface area contributed by atoms with Crippen LogP contribution in [0.5, 0.6) is 0 Å². The van der Waals surface area contributed by atoms with E-state index in [0.717, 1.165) is 17.7 Å². The summed E-state index contributed by atoms with van der Waals surface area (Å²) in [4.78, 5) is 35.5. The van der Waals surface area contributed by atoms with E-state index in [1.807, 2.05) is 13.8 Å². The maximum absolute atomic E-state index is 12.1. The second-order valence-corrected chi connectivity index (χ2v) is 6.26. The minimum Gasteiger partial charge on any atom is -0.457 e. The number of Topliss-reactive ketones (excluding diaryl/α,β-unsaturated/α-hetero) is 1. The van der Waals surface area contributed by atoms with E-state index in [1.165, 1.54) is 0 Å². The lowest BCUT2D eigenvalue weighted by atomic mass is 10.1. The normalized spacial score (nSPS) is 10.5. The number of anilines is 1. The molecule has 7 nitrogen and oxygen atoms in total. The van der Waals surface area contributed by atoms with Crippen molar-refractivity contribution in [1.82, 2.24) is 5.16 Å². The van der Waals surface area contributed by atoms with Gasteiger partial charge < -0.3 is 14.6 Å². The van der Waals surface area contributed by atoms with E-state index in [4.69, 9.17) is 9.26 Å². The van der Waals surface area contributed by atoms with Gasteiger partial charge in [-0.3, -0.25) is 14.4 Å². The first-order valence-corrected chi connectivity index (χ1v) is 8.91. The lowest BCUT2D eigenvalue weighted by molar-refractivity contribution is -0.142. The highest BCUT2D eigenvalue weighted by Crippen LogP contribution is 2.15. The number of carbonyl (C=O) groups is 3. The number of nitrogens with zero attached hydrogens (tertiary/aromatic N) is 1. The number of nitrogens with one attached hydrogen (secondary N) is 1. The second-order valence-electron chi connectivity index (χ2n) is 6.26. The minimum atomic E-state index is -0.452. The van der Waals surface area contributed by atoms with E-state index in [0.29, 0.717) is 29.9 Å². The molecule has 0 spiro atoms. The molecule has 0 saturated heterocycles. The van der Waals surface area contributed by atoms with Gasteiger partial charge in [-0.15, -0.1) is 0 Å². The Morgan fingerprint density at radius 2 is 1.81 bits per heavy atom. The van der Waals surface area contributed by atoms with Gasteiger partial charge in [0, 0.05) is 29.7 Å². The first-order valence-electron chi connectivity index (χ1n) is 8.91. The second kappa shape index (κ2) is 9.66. The van der Waals surface area contributed by atoms with Crippen LogP contribution in [-0.2, 0) is 20.7 Å². The molecule has 144 valence electrons. The molecule has 1 aromatic carbocycles. The molecular weight excluding hydrogens is 348 g/mol. The van der Waals surface area contributed by atoms with Crippen LogP contribution in [0.4, 0.5) is 5.69 Å². The predicted octanol–water partition coefficient (Wildman–Crippen LogP) is 3.39. The van der Waals surface area contributed by atoms with Gasteiger partial charge in [-0.2, -0.15) is 0 Å². The molecule has 1 aromatic heterocycles. The Hall–Kier alpha value is -2.96. The van der Waals surface area contributed by atoms with E-state index < -0.39 is 5.97 Å². The van der Waals surface area contributed by atoms with E-state index in [2.05, 4.69) is 10.5 Å². The summed E-state index contributed by atoms with van der Waals surface area (Å²) in [6.07, 6.45) is 1.83. The average Bonchev–Trinajstić information content (AvgIpc) is 2.96. The van der Waals surface area contributed by atoms with Gasteiger partial charge in [0.2, 0.25) is 5.91 Å². The van der Waals surface area contributed by atoms with Crippen molar-refractivity contribution in [3.8, 4) is 0 Å². The Balaban J connectivity index is 1.79. The first-order chi connectivity index (χ1) is 12.9. The average molecular weight is 372 g/mol. The molecule has 0 aliphatic rings. The zero-order valence-corrected chi connectivity index (χ0v) is 15.8. The molecule has 0 fully saturated rings. The summed E-state index contributed by atoms with van der Waals surface area (Å²) in [6, 6.07) is 6.50. The highest BCUT2D eigenvalue weighted by molar-refractivity contribution is 5.98. The summed E-state index contributed by atoms with van der Waals surface area (Å²) in [5.74, 6) is -0.134. The standard InChI is InChI=1S/C20H24N2O5/c1-4-5-19(24)21-16-8-6-15(7-9-16)18(23)12-26-20(25)11-10-17-13(2)22-27-14(17)3/h6-9H,4-5,10-12H2,1-3H3,(H,21,24). The number of amides is 1. The van der Waals surface area contributed by atoms with Gasteiger partial charge in [-0.05, 0) is 51.0 Å². The van der Waals surface area contributed by atoms with Crippen LogP contribution in [0.25, 0.3) is 0 Å². The molecule has 0 unspecified atom stereocenters. The molecule has 2 rings (SSSR count). The lowest BCUT2D eigenvalue weighted by Crippen LogP contribution is -2.15. The van der Waals surface area contributed by atoms with Crippen molar-refractivity contribution < 1.29 is 23.6 Å². The third-order valence-electron chi connectivity index (χ3n) is 4.09. The first kappa shape index (κ1) is 20.4. The van der Waals surface area contributed by atoms with Crippen LogP contribution in [0.1, 0.15) is 53.6 Å². The largest absolute Gasteiger partial charge is 0.457 e. The molecule has 2 aromatic rings. The molecule has 1 amide bonds. The van der Waals surface area contributed by atoms with Crippen LogP contribution in [0.15, 0.2) is 28.8 Å². The molecule has 1 heterocycles. The van der Waals surface area contributed by atoms with E-state index in [-0.39, 0.29) is 24.7 Å². The number of ether oxygens (including phenoxy) is 1. The Kier molecular flexibility index (Phi) is 7.28. The fourth-order valence-electron chi connectivity index (χ4n) is 2.58. The number of carbonyl (C=O) groups excluding carboxylic acids is 3. The lowest BCUT2D eigenvalue weighted by Gasteiger charge is -2.07. The fraction of sp³-hybridized carbons (Fsp3) is 0.400. The number of hydrogen-bond donors (Lipinski definition) is 1. The van der Waals surface area contributed by atoms with Gasteiger partial charge in [-0.25, -0.2) is 0 Å². The quantitative estimate of drug-likeness (QED) is 0.535. The minimum absolute atomic E-state index is 0.0659. The van der Waals surface area contributed by atoms with Crippen molar-refractivity contribution in [2.24, 2.45) is 0 Å². The zero-order valence-electron chi connectivity index (χ0n) is 15.8. The summed E-state index contributed by atoms with van der Waals surface area (Å²) < 4.78 is 10.1. The summed E-state index contributed by atoms with van der Waals surface area (Å²) in [6.45, 7) is 5.21. The zero-order chi connectivity index (χ0) is 19.8. The van der Waals surface area contributed by atoms with Crippen LogP contribution in [-0.4, -0.2) is 29.4 Å². The summed E-state index contributed by atoms with van der Waals surface area (Å²) in [7, 11) is 0. The Morgan fingerprint density at radius 3 is 2.41 bits per heavy atom. The van der Waals surface area contributed by atoms with Crippen molar-refractivity contribution in [2.75, 3.05) is 11.9 Å².